The van der Waals surface area contributed by atoms with Crippen LogP contribution in [0.25, 0.3) is 11.1 Å². The Morgan fingerprint density at radius 2 is 1.05 bits per heavy atom. The van der Waals surface area contributed by atoms with Crippen molar-refractivity contribution in [2.75, 3.05) is 93.5 Å². The molecule has 0 bridgehead atoms. The summed E-state index contributed by atoms with van der Waals surface area (Å²) in [4.78, 5) is 0. The minimum atomic E-state index is 0.108. The molecular weight excluding hydrogens is 560 g/mol. The van der Waals surface area contributed by atoms with Gasteiger partial charge in [0.25, 0.3) is 0 Å². The van der Waals surface area contributed by atoms with E-state index < -0.39 is 0 Å². The van der Waals surface area contributed by atoms with E-state index in [0.29, 0.717) is 79.3 Å². The van der Waals surface area contributed by atoms with Crippen molar-refractivity contribution in [1.82, 2.24) is 0 Å². The number of ether oxygens (including phenoxy) is 8. The maximum atomic E-state index is 6.35. The molecule has 0 saturated heterocycles. The molecule has 0 saturated carbocycles. The number of fused-ring (bicyclic) bond motifs is 3. The van der Waals surface area contributed by atoms with Crippen molar-refractivity contribution in [3.8, 4) is 22.6 Å². The Morgan fingerprint density at radius 1 is 0.500 bits per heavy atom. The molecule has 44 heavy (non-hydrogen) atoms. The topological polar surface area (TPSA) is 73.8 Å². The average Bonchev–Trinajstić information content (AvgIpc) is 3.32. The van der Waals surface area contributed by atoms with Gasteiger partial charge in [0.1, 0.15) is 24.7 Å². The van der Waals surface area contributed by atoms with E-state index in [1.807, 2.05) is 0 Å². The minimum absolute atomic E-state index is 0.108. The van der Waals surface area contributed by atoms with E-state index in [2.05, 4.69) is 69.3 Å². The van der Waals surface area contributed by atoms with Crippen molar-refractivity contribution >= 4 is 0 Å². The molecule has 0 radical (unpaired) electrons. The molecule has 3 aromatic rings. The Kier molecular flexibility index (Phi) is 13.9. The molecule has 4 rings (SSSR count). The first-order valence-corrected chi connectivity index (χ1v) is 15.4. The van der Waals surface area contributed by atoms with Gasteiger partial charge in [0.15, 0.2) is 0 Å². The van der Waals surface area contributed by atoms with Gasteiger partial charge >= 0.3 is 0 Å². The van der Waals surface area contributed by atoms with Gasteiger partial charge in [0.2, 0.25) is 0 Å². The monoisotopic (exact) mass is 608 g/mol. The minimum Gasteiger partial charge on any atom is -0.491 e. The van der Waals surface area contributed by atoms with E-state index in [4.69, 9.17) is 37.9 Å². The second kappa shape index (κ2) is 18.1. The Hall–Kier alpha value is -2.98. The lowest BCUT2D eigenvalue weighted by atomic mass is 9.87. The third kappa shape index (κ3) is 9.51. The molecule has 8 nitrogen and oxygen atoms in total. The highest BCUT2D eigenvalue weighted by molar-refractivity contribution is 5.85. The van der Waals surface area contributed by atoms with Gasteiger partial charge in [-0.05, 0) is 66.3 Å². The smallest absolute Gasteiger partial charge is 0.127 e. The van der Waals surface area contributed by atoms with Gasteiger partial charge in [0.05, 0.1) is 66.1 Å². The molecule has 0 fully saturated rings. The van der Waals surface area contributed by atoms with Crippen LogP contribution in [0.4, 0.5) is 0 Å². The second-order valence-corrected chi connectivity index (χ2v) is 10.9. The van der Waals surface area contributed by atoms with Crippen LogP contribution in [0.3, 0.4) is 0 Å². The summed E-state index contributed by atoms with van der Waals surface area (Å²) in [6.07, 6.45) is 0. The van der Waals surface area contributed by atoms with E-state index in [0.717, 1.165) is 17.1 Å². The third-order valence-corrected chi connectivity index (χ3v) is 7.49. The van der Waals surface area contributed by atoms with E-state index in [1.165, 1.54) is 38.9 Å². The second-order valence-electron chi connectivity index (χ2n) is 10.9. The number of hydrogen-bond donors (Lipinski definition) is 0. The quantitative estimate of drug-likeness (QED) is 0.109. The van der Waals surface area contributed by atoms with Crippen LogP contribution in [0.5, 0.6) is 11.5 Å². The van der Waals surface area contributed by atoms with Crippen LogP contribution in [0.1, 0.15) is 39.3 Å². The van der Waals surface area contributed by atoms with E-state index in [1.54, 1.807) is 14.2 Å². The molecule has 1 atom stereocenters. The zero-order valence-corrected chi connectivity index (χ0v) is 26.9. The lowest BCUT2D eigenvalue weighted by Crippen LogP contribution is -2.12. The normalized spacial score (nSPS) is 13.6. The van der Waals surface area contributed by atoms with E-state index in [-0.39, 0.29) is 5.92 Å². The fraction of sp³-hybridized carbons (Fsp3) is 0.500. The van der Waals surface area contributed by atoms with Crippen LogP contribution in [-0.2, 0) is 28.4 Å². The largest absolute Gasteiger partial charge is 0.491 e. The van der Waals surface area contributed by atoms with Gasteiger partial charge in [-0.15, -0.1) is 0 Å². The SMILES string of the molecule is COCCOCCOCCOc1ccc(C2c3cc(C)ccc3-c3c(OCCOCCOCCOC)cc(C)cc32)cc1C. The first-order chi connectivity index (χ1) is 21.5. The maximum Gasteiger partial charge on any atom is 0.127 e. The fourth-order valence-corrected chi connectivity index (χ4v) is 5.45. The van der Waals surface area contributed by atoms with Gasteiger partial charge in [-0.3, -0.25) is 0 Å². The van der Waals surface area contributed by atoms with Crippen LogP contribution in [0.15, 0.2) is 48.5 Å². The number of hydrogen-bond acceptors (Lipinski definition) is 8. The number of aryl methyl sites for hydroxylation is 3. The fourth-order valence-electron chi connectivity index (χ4n) is 5.45. The lowest BCUT2D eigenvalue weighted by molar-refractivity contribution is 0.0179. The molecule has 1 aliphatic carbocycles. The van der Waals surface area contributed by atoms with Gasteiger partial charge < -0.3 is 37.9 Å². The first-order valence-electron chi connectivity index (χ1n) is 15.4. The summed E-state index contributed by atoms with van der Waals surface area (Å²) in [5.74, 6) is 1.87. The molecule has 0 heterocycles. The number of benzene rings is 3. The molecule has 3 aromatic carbocycles. The van der Waals surface area contributed by atoms with Gasteiger partial charge in [-0.1, -0.05) is 42.0 Å². The molecule has 0 N–H and O–H groups in total. The molecule has 0 aromatic heterocycles. The molecule has 0 aliphatic heterocycles. The van der Waals surface area contributed by atoms with Crippen LogP contribution >= 0.6 is 0 Å². The van der Waals surface area contributed by atoms with Crippen LogP contribution in [0, 0.1) is 20.8 Å². The van der Waals surface area contributed by atoms with Crippen molar-refractivity contribution in [3.05, 3.63) is 81.9 Å². The van der Waals surface area contributed by atoms with E-state index >= 15 is 0 Å². The molecule has 0 amide bonds. The Labute approximate surface area is 262 Å². The summed E-state index contributed by atoms with van der Waals surface area (Å²) in [5.41, 5.74) is 9.69. The summed E-state index contributed by atoms with van der Waals surface area (Å²) in [6.45, 7) is 12.8. The molecule has 1 unspecified atom stereocenters. The molecular formula is C36H48O8. The predicted molar refractivity (Wildman–Crippen MR) is 171 cm³/mol. The third-order valence-electron chi connectivity index (χ3n) is 7.49. The standard InChI is InChI=1S/C36H48O8/c1-26-6-8-30-31(22-26)35(29-7-9-33(28(3)25-29)43-20-18-41-16-14-39-12-10-37-4)32-23-27(2)24-34(36(30)32)44-21-19-42-17-15-40-13-11-38-5/h6-9,22-25,35H,10-21H2,1-5H3. The Balaban J connectivity index is 1.41. The highest BCUT2D eigenvalue weighted by Crippen LogP contribution is 2.52. The molecule has 1 aliphatic rings. The highest BCUT2D eigenvalue weighted by atomic mass is 16.6. The van der Waals surface area contributed by atoms with Crippen molar-refractivity contribution in [2.24, 2.45) is 0 Å². The zero-order chi connectivity index (χ0) is 31.1. The summed E-state index contributed by atoms with van der Waals surface area (Å²) in [5, 5.41) is 0. The molecule has 0 spiro atoms. The molecule has 240 valence electrons. The Morgan fingerprint density at radius 3 is 1.64 bits per heavy atom. The summed E-state index contributed by atoms with van der Waals surface area (Å²) in [6, 6.07) is 17.7. The predicted octanol–water partition coefficient (Wildman–Crippen LogP) is 5.89. The van der Waals surface area contributed by atoms with Crippen LogP contribution < -0.4 is 9.47 Å². The van der Waals surface area contributed by atoms with Crippen molar-refractivity contribution in [2.45, 2.75) is 26.7 Å². The van der Waals surface area contributed by atoms with Gasteiger partial charge in [-0.25, -0.2) is 0 Å². The summed E-state index contributed by atoms with van der Waals surface area (Å²) < 4.78 is 44.6. The van der Waals surface area contributed by atoms with Crippen molar-refractivity contribution < 1.29 is 37.9 Å². The van der Waals surface area contributed by atoms with E-state index in [9.17, 15) is 0 Å². The first kappa shape index (κ1) is 33.9. The van der Waals surface area contributed by atoms with Crippen molar-refractivity contribution in [1.29, 1.82) is 0 Å². The Bertz CT molecular complexity index is 1310. The van der Waals surface area contributed by atoms with Crippen LogP contribution in [0.2, 0.25) is 0 Å². The van der Waals surface area contributed by atoms with Crippen LogP contribution in [-0.4, -0.2) is 93.5 Å². The summed E-state index contributed by atoms with van der Waals surface area (Å²) in [7, 11) is 3.33. The average molecular weight is 609 g/mol. The highest BCUT2D eigenvalue weighted by Gasteiger charge is 2.33. The zero-order valence-electron chi connectivity index (χ0n) is 26.9. The lowest BCUT2D eigenvalue weighted by Gasteiger charge is -2.18. The maximum absolute atomic E-state index is 6.35. The molecule has 8 heteroatoms. The van der Waals surface area contributed by atoms with Gasteiger partial charge in [-0.2, -0.15) is 0 Å². The number of rotatable bonds is 21. The number of methoxy groups -OCH3 is 2. The van der Waals surface area contributed by atoms with Gasteiger partial charge in [0, 0.05) is 25.7 Å². The summed E-state index contributed by atoms with van der Waals surface area (Å²) >= 11 is 0. The van der Waals surface area contributed by atoms with Crippen molar-refractivity contribution in [3.63, 3.8) is 0 Å².